The maximum Gasteiger partial charge on any atom is 0.351 e. The lowest BCUT2D eigenvalue weighted by molar-refractivity contribution is -0.125. The first-order valence-corrected chi connectivity index (χ1v) is 6.02. The first-order chi connectivity index (χ1) is 10.4. The lowest BCUT2D eigenvalue weighted by Gasteiger charge is -2.24. The zero-order valence-electron chi connectivity index (χ0n) is 11.0. The van der Waals surface area contributed by atoms with E-state index in [0.717, 1.165) is 6.20 Å². The van der Waals surface area contributed by atoms with Gasteiger partial charge in [-0.1, -0.05) is 5.11 Å². The van der Waals surface area contributed by atoms with E-state index in [0.29, 0.717) is 4.57 Å². The third kappa shape index (κ3) is 2.48. The van der Waals surface area contributed by atoms with Gasteiger partial charge in [-0.15, -0.1) is 0 Å². The Morgan fingerprint density at radius 3 is 2.86 bits per heavy atom. The van der Waals surface area contributed by atoms with Crippen LogP contribution in [0.1, 0.15) is 6.23 Å². The van der Waals surface area contributed by atoms with Crippen molar-refractivity contribution >= 4 is 5.82 Å². The number of aliphatic hydroxyl groups is 2. The Balaban J connectivity index is 2.54. The van der Waals surface area contributed by atoms with Crippen LogP contribution in [0.15, 0.2) is 22.2 Å². The zero-order chi connectivity index (χ0) is 16.5. The summed E-state index contributed by atoms with van der Waals surface area (Å²) in [5.41, 5.74) is 10.5. The van der Waals surface area contributed by atoms with E-state index < -0.39 is 42.7 Å². The van der Waals surface area contributed by atoms with Gasteiger partial charge in [-0.25, -0.2) is 13.6 Å². The topological polar surface area (TPSA) is 159 Å². The predicted molar refractivity (Wildman–Crippen MR) is 67.5 cm³/mol. The molecule has 2 heterocycles. The molecule has 0 spiro atoms. The van der Waals surface area contributed by atoms with E-state index >= 15 is 0 Å². The molecule has 2 rings (SSSR count). The van der Waals surface area contributed by atoms with Crippen LogP contribution in [0.3, 0.4) is 0 Å². The molecule has 1 fully saturated rings. The van der Waals surface area contributed by atoms with Crippen molar-refractivity contribution < 1.29 is 23.7 Å². The van der Waals surface area contributed by atoms with Crippen molar-refractivity contribution in [3.05, 3.63) is 33.2 Å². The molecule has 10 nitrogen and oxygen atoms in total. The van der Waals surface area contributed by atoms with Crippen LogP contribution in [-0.4, -0.2) is 44.6 Å². The zero-order valence-corrected chi connectivity index (χ0v) is 11.0. The molecule has 1 aromatic rings. The van der Waals surface area contributed by atoms with Crippen LogP contribution < -0.4 is 11.4 Å². The molecule has 1 saturated heterocycles. The second kappa shape index (κ2) is 5.85. The van der Waals surface area contributed by atoms with Crippen LogP contribution in [0.25, 0.3) is 10.4 Å². The summed E-state index contributed by atoms with van der Waals surface area (Å²) >= 11 is 0. The number of halogens is 2. The summed E-state index contributed by atoms with van der Waals surface area (Å²) in [6.45, 7) is -1.05. The summed E-state index contributed by atoms with van der Waals surface area (Å²) in [4.78, 5) is 17.5. The van der Waals surface area contributed by atoms with Gasteiger partial charge in [-0.3, -0.25) is 4.57 Å². The molecule has 12 heteroatoms. The summed E-state index contributed by atoms with van der Waals surface area (Å²) < 4.78 is 32.3. The van der Waals surface area contributed by atoms with E-state index in [2.05, 4.69) is 15.0 Å². The van der Waals surface area contributed by atoms with E-state index in [1.165, 1.54) is 6.07 Å². The molecular formula is C10H12F2N6O4. The van der Waals surface area contributed by atoms with Crippen LogP contribution in [0.2, 0.25) is 0 Å². The molecule has 4 atom stereocenters. The van der Waals surface area contributed by atoms with Crippen molar-refractivity contribution in [2.45, 2.75) is 24.5 Å². The highest BCUT2D eigenvalue weighted by molar-refractivity contribution is 5.23. The van der Waals surface area contributed by atoms with Gasteiger partial charge in [0.25, 0.3) is 0 Å². The summed E-state index contributed by atoms with van der Waals surface area (Å²) in [6.07, 6.45) is -5.77. The van der Waals surface area contributed by atoms with Gasteiger partial charge in [0.15, 0.2) is 5.72 Å². The van der Waals surface area contributed by atoms with Crippen molar-refractivity contribution in [1.29, 1.82) is 0 Å². The summed E-state index contributed by atoms with van der Waals surface area (Å²) in [6, 6.07) is 1.17. The molecule has 0 aromatic carbocycles. The number of nitrogens with two attached hydrogens (primary N) is 1. The third-order valence-electron chi connectivity index (χ3n) is 3.34. The third-order valence-corrected chi connectivity index (χ3v) is 3.34. The average Bonchev–Trinajstić information content (AvgIpc) is 2.73. The normalized spacial score (nSPS) is 31.2. The van der Waals surface area contributed by atoms with Crippen molar-refractivity contribution in [1.82, 2.24) is 9.55 Å². The smallest absolute Gasteiger partial charge is 0.351 e. The van der Waals surface area contributed by atoms with E-state index in [4.69, 9.17) is 16.0 Å². The molecule has 0 amide bonds. The molecule has 1 aromatic heterocycles. The van der Waals surface area contributed by atoms with Crippen molar-refractivity contribution in [3.8, 4) is 0 Å². The number of aromatic nitrogens is 2. The van der Waals surface area contributed by atoms with Crippen LogP contribution >= 0.6 is 0 Å². The maximum atomic E-state index is 13.2. The van der Waals surface area contributed by atoms with E-state index in [1.54, 1.807) is 0 Å². The first-order valence-electron chi connectivity index (χ1n) is 6.02. The molecule has 22 heavy (non-hydrogen) atoms. The maximum absolute atomic E-state index is 13.2. The Hall–Kier alpha value is -2.27. The SMILES string of the molecule is [N-]=[N+]=N[C@]1(CO)O[C@@H](n2ccc(N)nc2=O)[C@H](C(F)F)[C@@H]1O. The second-order valence-corrected chi connectivity index (χ2v) is 4.60. The number of ether oxygens (including phenoxy) is 1. The minimum absolute atomic E-state index is 0.128. The standard InChI is InChI=1S/C10H12F2N6O4/c11-7(12)5-6(20)10(3-19,16-17-14)22-8(5)18-2-1-4(13)15-9(18)21/h1-2,5-8,19-20H,3H2,(H2,13,15,21)/t5-,6-,8+,10+/m0/s1. The Kier molecular flexibility index (Phi) is 4.28. The van der Waals surface area contributed by atoms with E-state index in [9.17, 15) is 23.8 Å². The second-order valence-electron chi connectivity index (χ2n) is 4.60. The largest absolute Gasteiger partial charge is 0.393 e. The summed E-state index contributed by atoms with van der Waals surface area (Å²) in [7, 11) is 0. The molecule has 120 valence electrons. The lowest BCUT2D eigenvalue weighted by Crippen LogP contribution is -2.44. The number of rotatable bonds is 4. The number of aliphatic hydroxyl groups excluding tert-OH is 2. The molecule has 4 N–H and O–H groups in total. The molecule has 1 aliphatic rings. The molecule has 0 bridgehead atoms. The summed E-state index contributed by atoms with van der Waals surface area (Å²) in [5, 5.41) is 22.3. The van der Waals surface area contributed by atoms with E-state index in [-0.39, 0.29) is 5.82 Å². The summed E-state index contributed by atoms with van der Waals surface area (Å²) in [5.74, 6) is -2.04. The number of alkyl halides is 2. The first kappa shape index (κ1) is 16.1. The molecule has 0 saturated carbocycles. The minimum atomic E-state index is -3.12. The highest BCUT2D eigenvalue weighted by Crippen LogP contribution is 2.44. The van der Waals surface area contributed by atoms with Gasteiger partial charge >= 0.3 is 5.69 Å². The van der Waals surface area contributed by atoms with Gasteiger partial charge < -0.3 is 20.7 Å². The average molecular weight is 318 g/mol. The fraction of sp³-hybridized carbons (Fsp3) is 0.600. The number of nitrogen functional groups attached to an aromatic ring is 1. The van der Waals surface area contributed by atoms with Gasteiger partial charge in [0.1, 0.15) is 18.1 Å². The Labute approximate surface area is 121 Å². The number of nitrogens with zero attached hydrogens (tertiary/aromatic N) is 5. The van der Waals surface area contributed by atoms with Crippen molar-refractivity contribution in [2.24, 2.45) is 11.0 Å². The van der Waals surface area contributed by atoms with E-state index in [1.807, 2.05) is 0 Å². The molecule has 0 unspecified atom stereocenters. The molecular weight excluding hydrogens is 306 g/mol. The van der Waals surface area contributed by atoms with Crippen LogP contribution in [-0.2, 0) is 4.74 Å². The fourth-order valence-electron chi connectivity index (χ4n) is 2.26. The Morgan fingerprint density at radius 2 is 2.36 bits per heavy atom. The van der Waals surface area contributed by atoms with Gasteiger partial charge in [-0.2, -0.15) is 4.98 Å². The highest BCUT2D eigenvalue weighted by Gasteiger charge is 2.58. The molecule has 0 radical (unpaired) electrons. The van der Waals surface area contributed by atoms with Gasteiger partial charge in [-0.05, 0) is 11.6 Å². The molecule has 1 aliphatic heterocycles. The van der Waals surface area contributed by atoms with Crippen molar-refractivity contribution in [3.63, 3.8) is 0 Å². The Bertz CT molecular complexity index is 663. The fourth-order valence-corrected chi connectivity index (χ4v) is 2.26. The highest BCUT2D eigenvalue weighted by atomic mass is 19.3. The predicted octanol–water partition coefficient (Wildman–Crippen LogP) is -0.405. The number of hydrogen-bond donors (Lipinski definition) is 3. The lowest BCUT2D eigenvalue weighted by atomic mass is 9.96. The minimum Gasteiger partial charge on any atom is -0.393 e. The Morgan fingerprint density at radius 1 is 1.68 bits per heavy atom. The molecule has 0 aliphatic carbocycles. The number of azide groups is 1. The monoisotopic (exact) mass is 318 g/mol. The van der Waals surface area contributed by atoms with Gasteiger partial charge in [0.05, 0.1) is 12.5 Å². The van der Waals surface area contributed by atoms with Crippen LogP contribution in [0, 0.1) is 5.92 Å². The number of hydrogen-bond acceptors (Lipinski definition) is 7. The van der Waals surface area contributed by atoms with Gasteiger partial charge in [0, 0.05) is 11.1 Å². The van der Waals surface area contributed by atoms with Crippen molar-refractivity contribution in [2.75, 3.05) is 12.3 Å². The van der Waals surface area contributed by atoms with Crippen LogP contribution in [0.4, 0.5) is 14.6 Å². The quantitative estimate of drug-likeness (QED) is 0.389. The van der Waals surface area contributed by atoms with Crippen LogP contribution in [0.5, 0.6) is 0 Å². The van der Waals surface area contributed by atoms with Gasteiger partial charge in [0.2, 0.25) is 6.43 Å². The number of anilines is 1.